The Balaban J connectivity index is 1.57. The van der Waals surface area contributed by atoms with Crippen molar-refractivity contribution in [1.82, 2.24) is 4.90 Å². The number of likely N-dealkylation sites (tertiary alicyclic amines) is 1. The second-order valence-electron chi connectivity index (χ2n) is 4.83. The van der Waals surface area contributed by atoms with Gasteiger partial charge >= 0.3 is 0 Å². The van der Waals surface area contributed by atoms with Crippen molar-refractivity contribution in [2.75, 3.05) is 26.7 Å². The third-order valence-corrected chi connectivity index (χ3v) is 3.48. The fourth-order valence-electron chi connectivity index (χ4n) is 2.17. The molecule has 2 aliphatic rings. The molecule has 14 heavy (non-hydrogen) atoms. The molecular formula is C11H21NO2. The zero-order chi connectivity index (χ0) is 9.97. The molecule has 0 unspecified atom stereocenters. The number of piperidine rings is 1. The molecule has 2 fully saturated rings. The minimum atomic E-state index is -0.0857. The fourth-order valence-corrected chi connectivity index (χ4v) is 2.17. The van der Waals surface area contributed by atoms with E-state index in [9.17, 15) is 0 Å². The van der Waals surface area contributed by atoms with Crippen molar-refractivity contribution in [3.05, 3.63) is 0 Å². The van der Waals surface area contributed by atoms with E-state index in [-0.39, 0.29) is 6.10 Å². The number of aliphatic hydroxyl groups is 1. The number of hydrogen-bond donors (Lipinski definition) is 1. The molecule has 0 aromatic rings. The van der Waals surface area contributed by atoms with Gasteiger partial charge in [0.05, 0.1) is 12.2 Å². The van der Waals surface area contributed by atoms with E-state index in [2.05, 4.69) is 11.9 Å². The van der Waals surface area contributed by atoms with Gasteiger partial charge in [0.15, 0.2) is 0 Å². The first kappa shape index (κ1) is 10.4. The van der Waals surface area contributed by atoms with Gasteiger partial charge in [0.2, 0.25) is 0 Å². The summed E-state index contributed by atoms with van der Waals surface area (Å²) in [4.78, 5) is 2.38. The zero-order valence-corrected chi connectivity index (χ0v) is 8.98. The van der Waals surface area contributed by atoms with E-state index in [1.54, 1.807) is 0 Å². The Kier molecular flexibility index (Phi) is 3.42. The Bertz CT molecular complexity index is 172. The normalized spacial score (nSPS) is 35.6. The first-order chi connectivity index (χ1) is 6.74. The maximum Gasteiger partial charge on any atom is 0.0624 e. The average Bonchev–Trinajstić information content (AvgIpc) is 2.13. The number of hydrogen-bond acceptors (Lipinski definition) is 3. The summed E-state index contributed by atoms with van der Waals surface area (Å²) in [5.41, 5.74) is 0. The summed E-state index contributed by atoms with van der Waals surface area (Å²) in [5.74, 6) is 0.754. The highest BCUT2D eigenvalue weighted by molar-refractivity contribution is 4.80. The maximum atomic E-state index is 9.10. The van der Waals surface area contributed by atoms with Crippen LogP contribution in [-0.4, -0.2) is 49.0 Å². The molecule has 3 heteroatoms. The predicted octanol–water partition coefficient (Wildman–Crippen LogP) is 0.868. The minimum Gasteiger partial charge on any atom is -0.393 e. The fraction of sp³-hybridized carbons (Fsp3) is 1.00. The molecule has 1 N–H and O–H groups in total. The molecule has 0 bridgehead atoms. The van der Waals surface area contributed by atoms with E-state index in [4.69, 9.17) is 9.84 Å². The van der Waals surface area contributed by atoms with Crippen LogP contribution in [0.2, 0.25) is 0 Å². The van der Waals surface area contributed by atoms with Gasteiger partial charge in [-0.1, -0.05) is 0 Å². The van der Waals surface area contributed by atoms with Gasteiger partial charge in [-0.2, -0.15) is 0 Å². The highest BCUT2D eigenvalue weighted by Crippen LogP contribution is 2.25. The number of nitrogens with zero attached hydrogens (tertiary/aromatic N) is 1. The molecule has 0 spiro atoms. The molecule has 0 amide bonds. The first-order valence-corrected chi connectivity index (χ1v) is 5.72. The quantitative estimate of drug-likeness (QED) is 0.732. The van der Waals surface area contributed by atoms with Crippen molar-refractivity contribution in [3.8, 4) is 0 Å². The van der Waals surface area contributed by atoms with Crippen LogP contribution in [0.15, 0.2) is 0 Å². The van der Waals surface area contributed by atoms with E-state index in [0.29, 0.717) is 6.10 Å². The van der Waals surface area contributed by atoms with E-state index >= 15 is 0 Å². The van der Waals surface area contributed by atoms with Crippen LogP contribution in [-0.2, 0) is 4.74 Å². The van der Waals surface area contributed by atoms with Crippen LogP contribution >= 0.6 is 0 Å². The number of ether oxygens (including phenoxy) is 1. The Morgan fingerprint density at radius 1 is 1.29 bits per heavy atom. The Morgan fingerprint density at radius 2 is 1.93 bits per heavy atom. The molecule has 0 atom stereocenters. The van der Waals surface area contributed by atoms with Crippen LogP contribution in [0.1, 0.15) is 25.7 Å². The summed E-state index contributed by atoms with van der Waals surface area (Å²) in [6, 6.07) is 0. The van der Waals surface area contributed by atoms with E-state index < -0.39 is 0 Å². The molecule has 0 aromatic carbocycles. The number of aliphatic hydroxyl groups excluding tert-OH is 1. The van der Waals surface area contributed by atoms with E-state index in [1.807, 2.05) is 0 Å². The lowest BCUT2D eigenvalue weighted by Gasteiger charge is -2.34. The van der Waals surface area contributed by atoms with Crippen molar-refractivity contribution < 1.29 is 9.84 Å². The van der Waals surface area contributed by atoms with Gasteiger partial charge in [0.25, 0.3) is 0 Å². The second-order valence-corrected chi connectivity index (χ2v) is 4.83. The smallest absolute Gasteiger partial charge is 0.0624 e. The summed E-state index contributed by atoms with van der Waals surface area (Å²) in [7, 11) is 2.18. The molecular weight excluding hydrogens is 178 g/mol. The highest BCUT2D eigenvalue weighted by atomic mass is 16.5. The standard InChI is InChI=1S/C11H21NO2/c1-12-4-2-9(3-5-12)8-14-11-6-10(13)7-11/h9-11,13H,2-8H2,1H3. The molecule has 1 saturated carbocycles. The Labute approximate surface area is 86.0 Å². The van der Waals surface area contributed by atoms with Gasteiger partial charge in [-0.05, 0) is 51.7 Å². The van der Waals surface area contributed by atoms with Crippen LogP contribution in [0.5, 0.6) is 0 Å². The highest BCUT2D eigenvalue weighted by Gasteiger charge is 2.28. The summed E-state index contributed by atoms with van der Waals surface area (Å²) >= 11 is 0. The molecule has 1 aliphatic carbocycles. The molecule has 82 valence electrons. The lowest BCUT2D eigenvalue weighted by Crippen LogP contribution is -2.38. The lowest BCUT2D eigenvalue weighted by atomic mass is 9.92. The van der Waals surface area contributed by atoms with Crippen molar-refractivity contribution in [2.45, 2.75) is 37.9 Å². The molecule has 0 radical (unpaired) electrons. The van der Waals surface area contributed by atoms with Crippen LogP contribution < -0.4 is 0 Å². The van der Waals surface area contributed by atoms with Gasteiger partial charge in [-0.25, -0.2) is 0 Å². The molecule has 1 aliphatic heterocycles. The second kappa shape index (κ2) is 4.60. The van der Waals surface area contributed by atoms with Crippen molar-refractivity contribution >= 4 is 0 Å². The zero-order valence-electron chi connectivity index (χ0n) is 8.98. The third-order valence-electron chi connectivity index (χ3n) is 3.48. The lowest BCUT2D eigenvalue weighted by molar-refractivity contribution is -0.0839. The molecule has 0 aromatic heterocycles. The maximum absolute atomic E-state index is 9.10. The van der Waals surface area contributed by atoms with Gasteiger partial charge in [0, 0.05) is 6.61 Å². The monoisotopic (exact) mass is 199 g/mol. The van der Waals surface area contributed by atoms with Gasteiger partial charge in [-0.15, -0.1) is 0 Å². The minimum absolute atomic E-state index is 0.0857. The average molecular weight is 199 g/mol. The SMILES string of the molecule is CN1CCC(COC2CC(O)C2)CC1. The molecule has 2 rings (SSSR count). The Hall–Kier alpha value is -0.120. The van der Waals surface area contributed by atoms with Gasteiger partial charge < -0.3 is 14.7 Å². The van der Waals surface area contributed by atoms with Crippen LogP contribution in [0.25, 0.3) is 0 Å². The summed E-state index contributed by atoms with van der Waals surface area (Å²) in [5, 5.41) is 9.10. The van der Waals surface area contributed by atoms with Gasteiger partial charge in [0.1, 0.15) is 0 Å². The largest absolute Gasteiger partial charge is 0.393 e. The number of rotatable bonds is 3. The Morgan fingerprint density at radius 3 is 2.50 bits per heavy atom. The van der Waals surface area contributed by atoms with Crippen molar-refractivity contribution in [1.29, 1.82) is 0 Å². The predicted molar refractivity (Wildman–Crippen MR) is 55.2 cm³/mol. The first-order valence-electron chi connectivity index (χ1n) is 5.72. The molecule has 3 nitrogen and oxygen atoms in total. The van der Waals surface area contributed by atoms with Crippen LogP contribution in [0.3, 0.4) is 0 Å². The van der Waals surface area contributed by atoms with Gasteiger partial charge in [-0.3, -0.25) is 0 Å². The topological polar surface area (TPSA) is 32.7 Å². The van der Waals surface area contributed by atoms with Crippen LogP contribution in [0.4, 0.5) is 0 Å². The van der Waals surface area contributed by atoms with E-state index in [1.165, 1.54) is 25.9 Å². The van der Waals surface area contributed by atoms with Crippen LogP contribution in [0, 0.1) is 5.92 Å². The van der Waals surface area contributed by atoms with E-state index in [0.717, 1.165) is 25.4 Å². The third kappa shape index (κ3) is 2.69. The summed E-state index contributed by atoms with van der Waals surface area (Å²) < 4.78 is 5.74. The molecule has 1 heterocycles. The molecule has 1 saturated heterocycles. The van der Waals surface area contributed by atoms with Crippen molar-refractivity contribution in [3.63, 3.8) is 0 Å². The summed E-state index contributed by atoms with van der Waals surface area (Å²) in [6.07, 6.45) is 4.51. The summed E-state index contributed by atoms with van der Waals surface area (Å²) in [6.45, 7) is 3.33. The van der Waals surface area contributed by atoms with Crippen molar-refractivity contribution in [2.24, 2.45) is 5.92 Å².